The summed E-state index contributed by atoms with van der Waals surface area (Å²) in [5.74, 6) is -1.18. The molecule has 3 amide bonds. The summed E-state index contributed by atoms with van der Waals surface area (Å²) in [6.07, 6.45) is 0.656. The molecule has 1 atom stereocenters. The second-order valence-corrected chi connectivity index (χ2v) is 8.44. The van der Waals surface area contributed by atoms with Gasteiger partial charge >= 0.3 is 18.0 Å². The van der Waals surface area contributed by atoms with Crippen LogP contribution in [0.15, 0.2) is 43.3 Å². The van der Waals surface area contributed by atoms with Gasteiger partial charge in [0, 0.05) is 0 Å². The Bertz CT molecular complexity index is 1130. The summed E-state index contributed by atoms with van der Waals surface area (Å²) >= 11 is 6.76. The smallest absolute Gasteiger partial charge is 0.373 e. The van der Waals surface area contributed by atoms with E-state index in [0.29, 0.717) is 20.3 Å². The molecule has 1 N–H and O–H groups in total. The molecule has 1 aromatic heterocycles. The van der Waals surface area contributed by atoms with Crippen molar-refractivity contribution in [2.24, 2.45) is 0 Å². The number of ether oxygens (including phenoxy) is 3. The molecule has 0 bridgehead atoms. The first kappa shape index (κ1) is 24.5. The van der Waals surface area contributed by atoms with E-state index in [2.05, 4.69) is 46.7 Å². The number of nitrogens with zero attached hydrogens (tertiary/aromatic N) is 1. The Morgan fingerprint density at radius 2 is 1.82 bits per heavy atom. The lowest BCUT2D eigenvalue weighted by Crippen LogP contribution is -2.30. The lowest BCUT2D eigenvalue weighted by atomic mass is 10.2. The highest BCUT2D eigenvalue weighted by molar-refractivity contribution is 9.11. The minimum absolute atomic E-state index is 0.0335. The Morgan fingerprint density at radius 1 is 1.15 bits per heavy atom. The van der Waals surface area contributed by atoms with Crippen LogP contribution >= 0.6 is 31.9 Å². The van der Waals surface area contributed by atoms with E-state index in [0.717, 1.165) is 4.90 Å². The fourth-order valence-electron chi connectivity index (χ4n) is 2.88. The number of carbonyl (C=O) groups is 4. The van der Waals surface area contributed by atoms with Crippen molar-refractivity contribution in [3.8, 4) is 5.75 Å². The topological polar surface area (TPSA) is 124 Å². The Balaban J connectivity index is 1.78. The van der Waals surface area contributed by atoms with Crippen LogP contribution in [-0.2, 0) is 25.6 Å². The second-order valence-electron chi connectivity index (χ2n) is 6.73. The van der Waals surface area contributed by atoms with Gasteiger partial charge in [0.05, 0.1) is 29.7 Å². The highest BCUT2D eigenvalue weighted by Crippen LogP contribution is 2.36. The number of esters is 2. The van der Waals surface area contributed by atoms with Crippen molar-refractivity contribution < 1.29 is 37.8 Å². The van der Waals surface area contributed by atoms with Crippen LogP contribution < -0.4 is 10.1 Å². The molecule has 1 aliphatic heterocycles. The maximum atomic E-state index is 12.8. The SMILES string of the molecule is COC(=O)c1ccc(CN2C(=O)N/C(=C\c3cc(Br)c(O[C@@H](C)C(=O)OC)c(Br)c3)C2=O)o1. The van der Waals surface area contributed by atoms with E-state index < -0.39 is 30.0 Å². The highest BCUT2D eigenvalue weighted by Gasteiger charge is 2.34. The first-order valence-corrected chi connectivity index (χ1v) is 11.0. The van der Waals surface area contributed by atoms with Crippen molar-refractivity contribution in [3.63, 3.8) is 0 Å². The van der Waals surface area contributed by atoms with Gasteiger partial charge in [-0.25, -0.2) is 14.4 Å². The number of benzene rings is 1. The third kappa shape index (κ3) is 5.45. The van der Waals surface area contributed by atoms with Gasteiger partial charge in [-0.15, -0.1) is 0 Å². The molecule has 1 aliphatic rings. The van der Waals surface area contributed by atoms with Gasteiger partial charge in [0.15, 0.2) is 6.10 Å². The lowest BCUT2D eigenvalue weighted by Gasteiger charge is -2.15. The number of nitrogens with one attached hydrogen (secondary N) is 1. The van der Waals surface area contributed by atoms with Gasteiger partial charge in [-0.05, 0) is 74.7 Å². The van der Waals surface area contributed by atoms with Gasteiger partial charge < -0.3 is 23.9 Å². The number of hydrogen-bond acceptors (Lipinski definition) is 8. The molecule has 1 saturated heterocycles. The summed E-state index contributed by atoms with van der Waals surface area (Å²) < 4.78 is 21.2. The van der Waals surface area contributed by atoms with Crippen molar-refractivity contribution in [2.45, 2.75) is 19.6 Å². The summed E-state index contributed by atoms with van der Waals surface area (Å²) in [6.45, 7) is 1.39. The number of carbonyl (C=O) groups excluding carboxylic acids is 4. The Morgan fingerprint density at radius 3 is 2.42 bits per heavy atom. The number of urea groups is 1. The van der Waals surface area contributed by atoms with Gasteiger partial charge in [0.25, 0.3) is 5.91 Å². The number of methoxy groups -OCH3 is 2. The molecule has 0 unspecified atom stereocenters. The van der Waals surface area contributed by atoms with Gasteiger partial charge in [0.2, 0.25) is 5.76 Å². The summed E-state index contributed by atoms with van der Waals surface area (Å²) in [4.78, 5) is 49.2. The molecule has 1 aromatic carbocycles. The summed E-state index contributed by atoms with van der Waals surface area (Å²) in [5, 5.41) is 2.51. The third-order valence-corrected chi connectivity index (χ3v) is 5.66. The maximum absolute atomic E-state index is 12.8. The minimum Gasteiger partial charge on any atom is -0.477 e. The average molecular weight is 586 g/mol. The number of halogens is 2. The van der Waals surface area contributed by atoms with Crippen LogP contribution in [-0.4, -0.2) is 49.1 Å². The molecule has 33 heavy (non-hydrogen) atoms. The van der Waals surface area contributed by atoms with E-state index in [4.69, 9.17) is 9.15 Å². The fourth-order valence-corrected chi connectivity index (χ4v) is 4.29. The molecule has 12 heteroatoms. The Kier molecular flexibility index (Phi) is 7.59. The Labute approximate surface area is 205 Å². The van der Waals surface area contributed by atoms with Crippen LogP contribution in [0.1, 0.15) is 28.8 Å². The molecular formula is C21H18Br2N2O8. The lowest BCUT2D eigenvalue weighted by molar-refractivity contribution is -0.148. The molecule has 0 spiro atoms. The normalized spacial score (nSPS) is 15.4. The maximum Gasteiger partial charge on any atom is 0.373 e. The van der Waals surface area contributed by atoms with Crippen molar-refractivity contribution >= 4 is 61.8 Å². The van der Waals surface area contributed by atoms with E-state index in [1.807, 2.05) is 0 Å². The van der Waals surface area contributed by atoms with Gasteiger partial charge in [-0.3, -0.25) is 9.69 Å². The van der Waals surface area contributed by atoms with Crippen molar-refractivity contribution in [1.82, 2.24) is 10.2 Å². The van der Waals surface area contributed by atoms with Crippen LogP contribution in [0, 0.1) is 0 Å². The number of rotatable bonds is 7. The summed E-state index contributed by atoms with van der Waals surface area (Å²) in [6, 6.07) is 5.57. The van der Waals surface area contributed by atoms with E-state index in [-0.39, 0.29) is 23.8 Å². The molecule has 2 aromatic rings. The second kappa shape index (κ2) is 10.2. The predicted molar refractivity (Wildman–Crippen MR) is 121 cm³/mol. The molecule has 1 fully saturated rings. The standard InChI is InChI=1S/C21H18Br2N2O8/c1-10(19(27)30-2)32-17-13(22)6-11(7-14(17)23)8-15-18(26)25(21(29)24-15)9-12-4-5-16(33-12)20(28)31-3/h4-8,10H,9H2,1-3H3,(H,24,29)/b15-8-/t10-/m0/s1. The minimum atomic E-state index is -0.836. The number of imide groups is 1. The zero-order chi connectivity index (χ0) is 24.3. The molecule has 10 nitrogen and oxygen atoms in total. The van der Waals surface area contributed by atoms with Crippen molar-refractivity contribution in [2.75, 3.05) is 14.2 Å². The Hall–Kier alpha value is -3.12. The van der Waals surface area contributed by atoms with Crippen LogP contribution in [0.4, 0.5) is 4.79 Å². The first-order valence-electron chi connectivity index (χ1n) is 9.39. The number of amides is 3. The molecule has 0 radical (unpaired) electrons. The van der Waals surface area contributed by atoms with Crippen LogP contribution in [0.5, 0.6) is 5.75 Å². The molecule has 3 rings (SSSR count). The van der Waals surface area contributed by atoms with E-state index in [1.54, 1.807) is 19.1 Å². The number of hydrogen-bond donors (Lipinski definition) is 1. The van der Waals surface area contributed by atoms with E-state index >= 15 is 0 Å². The quantitative estimate of drug-likeness (QED) is 0.297. The van der Waals surface area contributed by atoms with Crippen LogP contribution in [0.3, 0.4) is 0 Å². The molecule has 2 heterocycles. The van der Waals surface area contributed by atoms with Crippen molar-refractivity contribution in [3.05, 3.63) is 56.0 Å². The third-order valence-electron chi connectivity index (χ3n) is 4.48. The largest absolute Gasteiger partial charge is 0.477 e. The summed E-state index contributed by atoms with van der Waals surface area (Å²) in [5.41, 5.74) is 0.624. The average Bonchev–Trinajstić information content (AvgIpc) is 3.35. The van der Waals surface area contributed by atoms with Gasteiger partial charge in [-0.2, -0.15) is 0 Å². The molecule has 174 valence electrons. The molecular weight excluding hydrogens is 568 g/mol. The monoisotopic (exact) mass is 584 g/mol. The highest BCUT2D eigenvalue weighted by atomic mass is 79.9. The molecule has 0 aliphatic carbocycles. The zero-order valence-electron chi connectivity index (χ0n) is 17.6. The zero-order valence-corrected chi connectivity index (χ0v) is 20.8. The van der Waals surface area contributed by atoms with Crippen molar-refractivity contribution in [1.29, 1.82) is 0 Å². The number of furan rings is 1. The summed E-state index contributed by atoms with van der Waals surface area (Å²) in [7, 11) is 2.48. The van der Waals surface area contributed by atoms with E-state index in [9.17, 15) is 19.2 Å². The van der Waals surface area contributed by atoms with E-state index in [1.165, 1.54) is 32.4 Å². The first-order chi connectivity index (χ1) is 15.6. The van der Waals surface area contributed by atoms with Gasteiger partial charge in [0.1, 0.15) is 17.2 Å². The molecule has 0 saturated carbocycles. The predicted octanol–water partition coefficient (Wildman–Crippen LogP) is 3.62. The fraction of sp³-hybridized carbons (Fsp3) is 0.238. The van der Waals surface area contributed by atoms with Gasteiger partial charge in [-0.1, -0.05) is 0 Å². The van der Waals surface area contributed by atoms with Crippen LogP contribution in [0.2, 0.25) is 0 Å². The van der Waals surface area contributed by atoms with Crippen LogP contribution in [0.25, 0.3) is 6.08 Å².